The maximum atomic E-state index is 12.8. The largest absolute Gasteiger partial charge is 0.426 e. The Morgan fingerprint density at radius 2 is 0.769 bits per heavy atom. The second kappa shape index (κ2) is 6.31. The number of rotatable bonds is 2. The van der Waals surface area contributed by atoms with Gasteiger partial charge in [-0.3, -0.25) is 0 Å². The third kappa shape index (κ3) is 3.45. The zero-order valence-electron chi connectivity index (χ0n) is 12.3. The molecule has 2 nitrogen and oxygen atoms in total. The summed E-state index contributed by atoms with van der Waals surface area (Å²) >= 11 is 0. The monoisotopic (exact) mass is 415 g/mol. The van der Waals surface area contributed by atoms with Gasteiger partial charge in [-0.05, 0) is 25.7 Å². The molecule has 1 radical (unpaired) electrons. The standard InChI is InChI=1S/C12H11F12O2/c13-9(14,15)7(25,10(16,17)18)5-2-1-3-6(4-5)8(26,11(19,20)21)12(22,23)24/h1,5-6,25-26H,2-4H2. The molecule has 1 rings (SSSR count). The third-order valence-electron chi connectivity index (χ3n) is 4.38. The molecule has 0 aromatic carbocycles. The molecule has 1 aliphatic carbocycles. The summed E-state index contributed by atoms with van der Waals surface area (Å²) < 4.78 is 153. The van der Waals surface area contributed by atoms with Crippen molar-refractivity contribution < 1.29 is 62.9 Å². The zero-order valence-corrected chi connectivity index (χ0v) is 12.3. The molecule has 14 heteroatoms. The summed E-state index contributed by atoms with van der Waals surface area (Å²) in [4.78, 5) is 0. The van der Waals surface area contributed by atoms with E-state index in [-0.39, 0.29) is 0 Å². The van der Waals surface area contributed by atoms with Crippen LogP contribution in [0.1, 0.15) is 19.3 Å². The van der Waals surface area contributed by atoms with Crippen molar-refractivity contribution in [2.45, 2.75) is 55.2 Å². The van der Waals surface area contributed by atoms with E-state index in [4.69, 9.17) is 0 Å². The van der Waals surface area contributed by atoms with Crippen molar-refractivity contribution in [1.29, 1.82) is 0 Å². The summed E-state index contributed by atoms with van der Waals surface area (Å²) in [6.45, 7) is 0. The second-order valence-electron chi connectivity index (χ2n) is 5.91. The Morgan fingerprint density at radius 1 is 0.538 bits per heavy atom. The van der Waals surface area contributed by atoms with E-state index in [2.05, 4.69) is 0 Å². The van der Waals surface area contributed by atoms with Crippen molar-refractivity contribution in [3.05, 3.63) is 6.42 Å². The first kappa shape index (κ1) is 23.1. The summed E-state index contributed by atoms with van der Waals surface area (Å²) in [5, 5.41) is 18.4. The fourth-order valence-electron chi connectivity index (χ4n) is 2.96. The van der Waals surface area contributed by atoms with Crippen LogP contribution in [-0.2, 0) is 0 Å². The molecule has 0 bridgehead atoms. The van der Waals surface area contributed by atoms with Gasteiger partial charge in [-0.25, -0.2) is 0 Å². The van der Waals surface area contributed by atoms with Crippen LogP contribution in [-0.4, -0.2) is 46.1 Å². The van der Waals surface area contributed by atoms with Crippen LogP contribution >= 0.6 is 0 Å². The number of halogens is 12. The van der Waals surface area contributed by atoms with E-state index in [1.54, 1.807) is 0 Å². The summed E-state index contributed by atoms with van der Waals surface area (Å²) in [6, 6.07) is 0. The third-order valence-corrected chi connectivity index (χ3v) is 4.38. The van der Waals surface area contributed by atoms with Gasteiger partial charge in [0, 0.05) is 11.8 Å². The molecular formula is C12H11F12O2. The smallest absolute Gasteiger partial charge is 0.373 e. The van der Waals surface area contributed by atoms with Gasteiger partial charge in [0.25, 0.3) is 11.2 Å². The molecule has 2 N–H and O–H groups in total. The van der Waals surface area contributed by atoms with Crippen LogP contribution < -0.4 is 0 Å². The fraction of sp³-hybridized carbons (Fsp3) is 0.917. The van der Waals surface area contributed by atoms with Crippen molar-refractivity contribution in [3.8, 4) is 0 Å². The number of hydrogen-bond acceptors (Lipinski definition) is 2. The van der Waals surface area contributed by atoms with Crippen molar-refractivity contribution in [3.63, 3.8) is 0 Å². The van der Waals surface area contributed by atoms with E-state index >= 15 is 0 Å². The Morgan fingerprint density at radius 3 is 0.962 bits per heavy atom. The van der Waals surface area contributed by atoms with Gasteiger partial charge in [0.2, 0.25) is 0 Å². The van der Waals surface area contributed by atoms with Gasteiger partial charge < -0.3 is 10.2 Å². The maximum absolute atomic E-state index is 12.8. The molecule has 155 valence electrons. The van der Waals surface area contributed by atoms with E-state index in [1.807, 2.05) is 0 Å². The molecule has 0 spiro atoms. The van der Waals surface area contributed by atoms with E-state index in [9.17, 15) is 62.9 Å². The number of alkyl halides is 12. The topological polar surface area (TPSA) is 40.5 Å². The Kier molecular flexibility index (Phi) is 5.61. The minimum absolute atomic E-state index is 0.323. The maximum Gasteiger partial charge on any atom is 0.426 e. The van der Waals surface area contributed by atoms with E-state index in [0.717, 1.165) is 0 Å². The first-order valence-corrected chi connectivity index (χ1v) is 6.74. The highest BCUT2D eigenvalue weighted by molar-refractivity contribution is 5.09. The van der Waals surface area contributed by atoms with Gasteiger partial charge in [0.15, 0.2) is 0 Å². The minimum Gasteiger partial charge on any atom is -0.373 e. The normalized spacial score (nSPS) is 24.7. The molecule has 0 saturated heterocycles. The minimum atomic E-state index is -6.42. The SMILES string of the molecule is OC(C1C[CH]CC(C(O)(C(F)(F)F)C(F)(F)F)C1)(C(F)(F)F)C(F)(F)F. The highest BCUT2D eigenvalue weighted by Crippen LogP contribution is 2.57. The Labute approximate surface area is 137 Å². The van der Waals surface area contributed by atoms with E-state index < -0.39 is 67.0 Å². The lowest BCUT2D eigenvalue weighted by molar-refractivity contribution is -0.401. The Bertz CT molecular complexity index is 428. The van der Waals surface area contributed by atoms with Crippen molar-refractivity contribution in [2.75, 3.05) is 0 Å². The van der Waals surface area contributed by atoms with Crippen LogP contribution in [0, 0.1) is 18.3 Å². The molecule has 26 heavy (non-hydrogen) atoms. The van der Waals surface area contributed by atoms with Crippen molar-refractivity contribution in [1.82, 2.24) is 0 Å². The lowest BCUT2D eigenvalue weighted by Crippen LogP contribution is -2.66. The van der Waals surface area contributed by atoms with Gasteiger partial charge in [-0.15, -0.1) is 0 Å². The van der Waals surface area contributed by atoms with Gasteiger partial charge in [-0.1, -0.05) is 0 Å². The molecular weight excluding hydrogens is 404 g/mol. The molecule has 1 fully saturated rings. The number of aliphatic hydroxyl groups is 2. The molecule has 0 amide bonds. The lowest BCUT2D eigenvalue weighted by Gasteiger charge is -2.46. The van der Waals surface area contributed by atoms with Crippen molar-refractivity contribution >= 4 is 0 Å². The summed E-state index contributed by atoms with van der Waals surface area (Å²) in [5.41, 5.74) is -11.1. The highest BCUT2D eigenvalue weighted by Gasteiger charge is 2.77. The van der Waals surface area contributed by atoms with Crippen LogP contribution in [0.4, 0.5) is 52.7 Å². The number of hydrogen-bond donors (Lipinski definition) is 2. The molecule has 1 saturated carbocycles. The Balaban J connectivity index is 3.39. The van der Waals surface area contributed by atoms with Crippen LogP contribution in [0.3, 0.4) is 0 Å². The molecule has 0 aliphatic heterocycles. The molecule has 0 heterocycles. The van der Waals surface area contributed by atoms with Crippen LogP contribution in [0.2, 0.25) is 0 Å². The molecule has 2 unspecified atom stereocenters. The average Bonchev–Trinajstić information content (AvgIpc) is 2.40. The van der Waals surface area contributed by atoms with Crippen molar-refractivity contribution in [2.24, 2.45) is 11.8 Å². The van der Waals surface area contributed by atoms with E-state index in [1.165, 1.54) is 0 Å². The molecule has 2 atom stereocenters. The average molecular weight is 415 g/mol. The lowest BCUT2D eigenvalue weighted by atomic mass is 9.66. The summed E-state index contributed by atoms with van der Waals surface area (Å²) in [6.07, 6.45) is -29.9. The highest BCUT2D eigenvalue weighted by atomic mass is 19.4. The quantitative estimate of drug-likeness (QED) is 0.660. The van der Waals surface area contributed by atoms with Crippen LogP contribution in [0.15, 0.2) is 0 Å². The zero-order chi connectivity index (χ0) is 21.0. The predicted molar refractivity (Wildman–Crippen MR) is 59.3 cm³/mol. The predicted octanol–water partition coefficient (Wildman–Crippen LogP) is 4.32. The van der Waals surface area contributed by atoms with Crippen LogP contribution in [0.25, 0.3) is 0 Å². The van der Waals surface area contributed by atoms with Gasteiger partial charge in [0.05, 0.1) is 0 Å². The molecule has 0 aromatic heterocycles. The van der Waals surface area contributed by atoms with Gasteiger partial charge in [-0.2, -0.15) is 52.7 Å². The summed E-state index contributed by atoms with van der Waals surface area (Å²) in [5.74, 6) is -6.20. The second-order valence-corrected chi connectivity index (χ2v) is 5.91. The first-order chi connectivity index (χ1) is 11.2. The molecule has 0 aromatic rings. The van der Waals surface area contributed by atoms with E-state index in [0.29, 0.717) is 6.42 Å². The van der Waals surface area contributed by atoms with Gasteiger partial charge in [0.1, 0.15) is 0 Å². The Hall–Kier alpha value is -0.920. The van der Waals surface area contributed by atoms with Gasteiger partial charge >= 0.3 is 24.7 Å². The fourth-order valence-corrected chi connectivity index (χ4v) is 2.96. The first-order valence-electron chi connectivity index (χ1n) is 6.74. The van der Waals surface area contributed by atoms with Crippen LogP contribution in [0.5, 0.6) is 0 Å². The molecule has 1 aliphatic rings. The summed E-state index contributed by atoms with van der Waals surface area (Å²) in [7, 11) is 0.